The van der Waals surface area contributed by atoms with Crippen molar-refractivity contribution in [1.29, 1.82) is 0 Å². The Morgan fingerprint density at radius 2 is 1.86 bits per heavy atom. The number of amides is 1. The summed E-state index contributed by atoms with van der Waals surface area (Å²) in [4.78, 5) is 15.3. The summed E-state index contributed by atoms with van der Waals surface area (Å²) in [5.74, 6) is 0.566. The van der Waals surface area contributed by atoms with Gasteiger partial charge in [0.05, 0.1) is 12.6 Å². The Morgan fingerprint density at radius 1 is 1.11 bits per heavy atom. The third kappa shape index (κ3) is 4.38. The van der Waals surface area contributed by atoms with Crippen LogP contribution in [0.15, 0.2) is 30.3 Å². The van der Waals surface area contributed by atoms with E-state index in [1.807, 2.05) is 0 Å². The van der Waals surface area contributed by atoms with E-state index >= 15 is 0 Å². The lowest BCUT2D eigenvalue weighted by Gasteiger charge is -2.31. The molecular formula is C22H30N4O2. The lowest BCUT2D eigenvalue weighted by Crippen LogP contribution is -2.38. The molecule has 0 aliphatic carbocycles. The quantitative estimate of drug-likeness (QED) is 0.862. The first-order chi connectivity index (χ1) is 13.7. The maximum Gasteiger partial charge on any atom is 0.271 e. The fourth-order valence-electron chi connectivity index (χ4n) is 4.11. The molecule has 1 saturated heterocycles. The zero-order valence-corrected chi connectivity index (χ0v) is 16.7. The van der Waals surface area contributed by atoms with Gasteiger partial charge in [0.25, 0.3) is 5.91 Å². The molecule has 1 fully saturated rings. The highest BCUT2D eigenvalue weighted by Crippen LogP contribution is 2.25. The number of aryl methyl sites for hydroxylation is 2. The van der Waals surface area contributed by atoms with Crippen LogP contribution in [0.5, 0.6) is 5.88 Å². The van der Waals surface area contributed by atoms with Crippen LogP contribution in [-0.4, -0.2) is 46.8 Å². The Morgan fingerprint density at radius 3 is 2.57 bits per heavy atom. The lowest BCUT2D eigenvalue weighted by molar-refractivity contribution is 0.0927. The molecule has 6 heteroatoms. The van der Waals surface area contributed by atoms with E-state index in [2.05, 4.69) is 46.5 Å². The number of fused-ring (bicyclic) bond motifs is 1. The average Bonchev–Trinajstić information content (AvgIpc) is 2.97. The summed E-state index contributed by atoms with van der Waals surface area (Å²) in [5, 5.41) is 7.53. The molecule has 1 unspecified atom stereocenters. The normalized spacial score (nSPS) is 18.6. The van der Waals surface area contributed by atoms with Crippen LogP contribution in [0.4, 0.5) is 0 Å². The van der Waals surface area contributed by atoms with Crippen molar-refractivity contribution in [1.82, 2.24) is 20.0 Å². The Hall–Kier alpha value is -2.34. The van der Waals surface area contributed by atoms with Crippen molar-refractivity contribution in [2.45, 2.75) is 51.6 Å². The molecule has 3 heterocycles. The van der Waals surface area contributed by atoms with Crippen molar-refractivity contribution >= 4 is 5.91 Å². The Bertz CT molecular complexity index is 768. The smallest absolute Gasteiger partial charge is 0.271 e. The zero-order chi connectivity index (χ0) is 19.3. The molecule has 1 aromatic heterocycles. The number of rotatable bonds is 5. The monoisotopic (exact) mass is 382 g/mol. The maximum atomic E-state index is 12.7. The number of hydrogen-bond donors (Lipinski definition) is 1. The number of carbonyl (C=O) groups excluding carboxylic acids is 1. The molecule has 0 radical (unpaired) electrons. The van der Waals surface area contributed by atoms with Gasteiger partial charge in [-0.2, -0.15) is 5.10 Å². The Kier molecular flexibility index (Phi) is 5.95. The summed E-state index contributed by atoms with van der Waals surface area (Å²) in [6, 6.07) is 10.6. The van der Waals surface area contributed by atoms with Crippen molar-refractivity contribution in [3.63, 3.8) is 0 Å². The Labute approximate surface area is 166 Å². The van der Waals surface area contributed by atoms with Crippen LogP contribution in [0.25, 0.3) is 0 Å². The SMILES string of the molecule is Cc1ccc(C(CNC(=O)c2cc3n(n2)CCCO3)N2CCCCCC2)cc1. The van der Waals surface area contributed by atoms with E-state index < -0.39 is 0 Å². The minimum atomic E-state index is -0.127. The van der Waals surface area contributed by atoms with Crippen molar-refractivity contribution in [2.75, 3.05) is 26.2 Å². The van der Waals surface area contributed by atoms with E-state index in [-0.39, 0.29) is 11.9 Å². The molecule has 1 aromatic carbocycles. The number of benzene rings is 1. The van der Waals surface area contributed by atoms with Gasteiger partial charge in [0, 0.05) is 25.6 Å². The highest BCUT2D eigenvalue weighted by atomic mass is 16.5. The minimum Gasteiger partial charge on any atom is -0.478 e. The number of ether oxygens (including phenoxy) is 1. The predicted molar refractivity (Wildman–Crippen MR) is 109 cm³/mol. The third-order valence-electron chi connectivity index (χ3n) is 5.74. The van der Waals surface area contributed by atoms with E-state index in [9.17, 15) is 4.79 Å². The molecule has 2 aliphatic rings. The highest BCUT2D eigenvalue weighted by Gasteiger charge is 2.24. The van der Waals surface area contributed by atoms with E-state index in [0.717, 1.165) is 26.1 Å². The summed E-state index contributed by atoms with van der Waals surface area (Å²) in [6.07, 6.45) is 5.97. The second-order valence-electron chi connectivity index (χ2n) is 7.88. The van der Waals surface area contributed by atoms with Crippen molar-refractivity contribution in [2.24, 2.45) is 0 Å². The largest absolute Gasteiger partial charge is 0.478 e. The third-order valence-corrected chi connectivity index (χ3v) is 5.74. The van der Waals surface area contributed by atoms with Crippen LogP contribution in [0, 0.1) is 6.92 Å². The number of carbonyl (C=O) groups is 1. The molecule has 2 aliphatic heterocycles. The second kappa shape index (κ2) is 8.78. The van der Waals surface area contributed by atoms with E-state index in [1.54, 1.807) is 10.7 Å². The standard InChI is InChI=1S/C22H30N4O2/c1-17-7-9-18(10-8-17)20(25-11-4-2-3-5-12-25)16-23-22(27)19-15-21-26(24-19)13-6-14-28-21/h7-10,15,20H,2-6,11-14,16H2,1H3,(H,23,27). The molecule has 4 rings (SSSR count). The number of nitrogens with one attached hydrogen (secondary N) is 1. The molecule has 0 saturated carbocycles. The maximum absolute atomic E-state index is 12.7. The molecule has 6 nitrogen and oxygen atoms in total. The molecule has 0 spiro atoms. The number of nitrogens with zero attached hydrogens (tertiary/aromatic N) is 3. The van der Waals surface area contributed by atoms with Gasteiger partial charge in [-0.25, -0.2) is 4.68 Å². The van der Waals surface area contributed by atoms with Crippen LogP contribution in [0.2, 0.25) is 0 Å². The first-order valence-corrected chi connectivity index (χ1v) is 10.5. The highest BCUT2D eigenvalue weighted by molar-refractivity contribution is 5.92. The van der Waals surface area contributed by atoms with Gasteiger partial charge in [0.2, 0.25) is 5.88 Å². The zero-order valence-electron chi connectivity index (χ0n) is 16.7. The van der Waals surface area contributed by atoms with E-state index in [4.69, 9.17) is 4.74 Å². The number of likely N-dealkylation sites (tertiary alicyclic amines) is 1. The fourth-order valence-corrected chi connectivity index (χ4v) is 4.11. The molecule has 150 valence electrons. The molecule has 0 bridgehead atoms. The van der Waals surface area contributed by atoms with Crippen LogP contribution >= 0.6 is 0 Å². The van der Waals surface area contributed by atoms with Gasteiger partial charge in [-0.05, 0) is 38.4 Å². The fraction of sp³-hybridized carbons (Fsp3) is 0.545. The first-order valence-electron chi connectivity index (χ1n) is 10.5. The first kappa shape index (κ1) is 19.0. The van der Waals surface area contributed by atoms with Gasteiger partial charge in [0.15, 0.2) is 5.69 Å². The van der Waals surface area contributed by atoms with Crippen molar-refractivity contribution in [3.05, 3.63) is 47.2 Å². The number of aromatic nitrogens is 2. The van der Waals surface area contributed by atoms with E-state index in [1.165, 1.54) is 36.8 Å². The van der Waals surface area contributed by atoms with Crippen molar-refractivity contribution in [3.8, 4) is 5.88 Å². The van der Waals surface area contributed by atoms with Gasteiger partial charge in [-0.3, -0.25) is 9.69 Å². The minimum absolute atomic E-state index is 0.127. The molecule has 1 atom stereocenters. The Balaban J connectivity index is 1.47. The van der Waals surface area contributed by atoms with E-state index in [0.29, 0.717) is 24.7 Å². The summed E-state index contributed by atoms with van der Waals surface area (Å²) in [5.41, 5.74) is 2.96. The lowest BCUT2D eigenvalue weighted by atomic mass is 10.0. The van der Waals surface area contributed by atoms with Gasteiger partial charge >= 0.3 is 0 Å². The van der Waals surface area contributed by atoms with Gasteiger partial charge in [-0.15, -0.1) is 0 Å². The molecule has 28 heavy (non-hydrogen) atoms. The molecule has 1 N–H and O–H groups in total. The second-order valence-corrected chi connectivity index (χ2v) is 7.88. The van der Waals surface area contributed by atoms with Crippen LogP contribution in [-0.2, 0) is 6.54 Å². The predicted octanol–water partition coefficient (Wildman–Crippen LogP) is 3.32. The van der Waals surface area contributed by atoms with Gasteiger partial charge in [0.1, 0.15) is 0 Å². The summed E-state index contributed by atoms with van der Waals surface area (Å²) >= 11 is 0. The number of hydrogen-bond acceptors (Lipinski definition) is 4. The van der Waals surface area contributed by atoms with Crippen molar-refractivity contribution < 1.29 is 9.53 Å². The summed E-state index contributed by atoms with van der Waals surface area (Å²) in [6.45, 7) is 6.36. The summed E-state index contributed by atoms with van der Waals surface area (Å²) in [7, 11) is 0. The molecule has 1 amide bonds. The molecule has 2 aromatic rings. The van der Waals surface area contributed by atoms with Crippen LogP contribution in [0.1, 0.15) is 59.8 Å². The summed E-state index contributed by atoms with van der Waals surface area (Å²) < 4.78 is 7.36. The van der Waals surface area contributed by atoms with Crippen LogP contribution in [0.3, 0.4) is 0 Å². The topological polar surface area (TPSA) is 59.4 Å². The van der Waals surface area contributed by atoms with Gasteiger partial charge in [-0.1, -0.05) is 42.7 Å². The average molecular weight is 383 g/mol. The molecular weight excluding hydrogens is 352 g/mol. The van der Waals surface area contributed by atoms with Gasteiger partial charge < -0.3 is 10.1 Å². The van der Waals surface area contributed by atoms with Crippen LogP contribution < -0.4 is 10.1 Å².